The molecule has 0 radical (unpaired) electrons. The second-order valence-corrected chi connectivity index (χ2v) is 3.51. The van der Waals surface area contributed by atoms with Crippen molar-refractivity contribution in [2.24, 2.45) is 0 Å². The van der Waals surface area contributed by atoms with Crippen molar-refractivity contribution in [3.8, 4) is 0 Å². The van der Waals surface area contributed by atoms with E-state index in [1.165, 1.54) is 0 Å². The Morgan fingerprint density at radius 2 is 1.16 bits per heavy atom. The molecule has 0 bridgehead atoms. The Morgan fingerprint density at radius 1 is 0.842 bits per heavy atom. The molecule has 0 fully saturated rings. The first-order valence-corrected chi connectivity index (χ1v) is 6.56. The maximum absolute atomic E-state index is 6.45. The van der Waals surface area contributed by atoms with E-state index < -0.39 is 0 Å². The maximum atomic E-state index is 6.45. The van der Waals surface area contributed by atoms with E-state index in [0.717, 1.165) is 25.7 Å². The number of nitrogens with one attached hydrogen (secondary N) is 2. The third-order valence-electron chi connectivity index (χ3n) is 1.67. The van der Waals surface area contributed by atoms with Crippen molar-refractivity contribution in [2.75, 3.05) is 13.1 Å². The molecule has 3 heteroatoms. The largest absolute Gasteiger partial charge is 4.00 e. The molecule has 104 valence electrons. The Labute approximate surface area is 138 Å². The van der Waals surface area contributed by atoms with E-state index in [1.54, 1.807) is 0 Å². The van der Waals surface area contributed by atoms with Gasteiger partial charge in [-0.2, -0.15) is 25.2 Å². The molecule has 2 aliphatic rings. The van der Waals surface area contributed by atoms with Crippen molar-refractivity contribution in [3.63, 3.8) is 0 Å². The Morgan fingerprint density at radius 3 is 1.21 bits per heavy atom. The molecule has 0 saturated heterocycles. The van der Waals surface area contributed by atoms with Gasteiger partial charge in [0.1, 0.15) is 0 Å². The fraction of sp³-hybridized carbons (Fsp3) is 0.500. The summed E-state index contributed by atoms with van der Waals surface area (Å²) in [6.45, 7) is 5.12. The minimum Gasteiger partial charge on any atom is -0.677 e. The van der Waals surface area contributed by atoms with Crippen molar-refractivity contribution >= 4 is 0 Å². The standard InChI is InChI=1S/2C5H5.2C3H8N.Hf/c2*1-2-4-5-3-1;2*1-2-3-4;/h2*1-3H,4H2;2*4H,2-3H2,1H3;/q4*-1;+4. The van der Waals surface area contributed by atoms with Crippen molar-refractivity contribution in [1.82, 2.24) is 0 Å². The zero-order valence-electron chi connectivity index (χ0n) is 12.2. The van der Waals surface area contributed by atoms with Crippen LogP contribution in [0.4, 0.5) is 0 Å². The average molecular weight is 425 g/mol. The fourth-order valence-corrected chi connectivity index (χ4v) is 0.680. The summed E-state index contributed by atoms with van der Waals surface area (Å²) in [6, 6.07) is 0. The van der Waals surface area contributed by atoms with E-state index >= 15 is 0 Å². The first-order chi connectivity index (χ1) is 8.83. The molecule has 0 heterocycles. The molecule has 0 spiro atoms. The van der Waals surface area contributed by atoms with E-state index in [1.807, 2.05) is 38.2 Å². The summed E-state index contributed by atoms with van der Waals surface area (Å²) < 4.78 is 0. The molecule has 2 aliphatic carbocycles. The molecule has 0 aliphatic heterocycles. The molecule has 0 amide bonds. The van der Waals surface area contributed by atoms with Gasteiger partial charge in [-0.3, -0.25) is 12.2 Å². The van der Waals surface area contributed by atoms with E-state index in [9.17, 15) is 0 Å². The van der Waals surface area contributed by atoms with Gasteiger partial charge in [-0.15, -0.1) is 12.8 Å². The van der Waals surface area contributed by atoms with Crippen molar-refractivity contribution in [3.05, 3.63) is 60.1 Å². The van der Waals surface area contributed by atoms with Crippen LogP contribution in [0.3, 0.4) is 0 Å². The van der Waals surface area contributed by atoms with E-state index in [4.69, 9.17) is 11.5 Å². The van der Waals surface area contributed by atoms with Crippen LogP contribution in [0.1, 0.15) is 39.5 Å². The SMILES string of the molecule is CCC[NH-].CCC[NH-].[C-]1=CC=CC1.[C-]1=CC=CC1.[Hf+4]. The predicted molar refractivity (Wildman–Crippen MR) is 82.1 cm³/mol. The molecule has 0 aromatic rings. The van der Waals surface area contributed by atoms with Gasteiger partial charge in [-0.1, -0.05) is 26.7 Å². The number of rotatable bonds is 2. The number of hydrogen-bond donors (Lipinski definition) is 0. The molecule has 0 aromatic heterocycles. The molecular formula is C16H26HfN2. The third kappa shape index (κ3) is 31.9. The Hall–Kier alpha value is -0.250. The topological polar surface area (TPSA) is 47.6 Å². The van der Waals surface area contributed by atoms with Crippen LogP contribution in [0.15, 0.2) is 36.5 Å². The smallest absolute Gasteiger partial charge is 0.677 e. The van der Waals surface area contributed by atoms with E-state index in [0.29, 0.717) is 13.1 Å². The van der Waals surface area contributed by atoms with Crippen molar-refractivity contribution < 1.29 is 25.8 Å². The fourth-order valence-electron chi connectivity index (χ4n) is 0.680. The van der Waals surface area contributed by atoms with Gasteiger partial charge in [-0.25, -0.2) is 24.3 Å². The summed E-state index contributed by atoms with van der Waals surface area (Å²) in [5.74, 6) is 0. The summed E-state index contributed by atoms with van der Waals surface area (Å²) in [5, 5.41) is 0. The second-order valence-electron chi connectivity index (χ2n) is 3.51. The van der Waals surface area contributed by atoms with Crippen LogP contribution < -0.4 is 0 Å². The minimum absolute atomic E-state index is 0. The zero-order chi connectivity index (χ0) is 13.9. The monoisotopic (exact) mass is 426 g/mol. The average Bonchev–Trinajstić information content (AvgIpc) is 3.14. The van der Waals surface area contributed by atoms with E-state index in [2.05, 4.69) is 24.3 Å². The van der Waals surface area contributed by atoms with E-state index in [-0.39, 0.29) is 25.8 Å². The molecule has 0 saturated carbocycles. The Bertz CT molecular complexity index is 193. The zero-order valence-corrected chi connectivity index (χ0v) is 15.8. The molecule has 0 unspecified atom stereocenters. The van der Waals surface area contributed by atoms with Gasteiger partial charge in [-0.05, 0) is 0 Å². The number of hydrogen-bond acceptors (Lipinski definition) is 0. The van der Waals surface area contributed by atoms with Gasteiger partial charge in [0.15, 0.2) is 0 Å². The van der Waals surface area contributed by atoms with Gasteiger partial charge in [0.25, 0.3) is 0 Å². The minimum atomic E-state index is 0. The number of allylic oxidation sites excluding steroid dienone is 8. The van der Waals surface area contributed by atoms with Crippen LogP contribution in [0.2, 0.25) is 0 Å². The summed E-state index contributed by atoms with van der Waals surface area (Å²) in [7, 11) is 0. The first-order valence-electron chi connectivity index (χ1n) is 6.56. The first kappa shape index (κ1) is 23.8. The quantitative estimate of drug-likeness (QED) is 0.415. The van der Waals surface area contributed by atoms with Gasteiger partial charge in [0.2, 0.25) is 0 Å². The van der Waals surface area contributed by atoms with Crippen LogP contribution in [0.25, 0.3) is 11.5 Å². The van der Waals surface area contributed by atoms with Crippen LogP contribution in [-0.2, 0) is 25.8 Å². The molecule has 0 aromatic carbocycles. The second kappa shape index (κ2) is 26.3. The Kier molecular flexibility index (Phi) is 33.0. The van der Waals surface area contributed by atoms with Crippen molar-refractivity contribution in [2.45, 2.75) is 39.5 Å². The van der Waals surface area contributed by atoms with Gasteiger partial charge in [0.05, 0.1) is 0 Å². The Balaban J connectivity index is -0.000000178. The molecule has 19 heavy (non-hydrogen) atoms. The third-order valence-corrected chi connectivity index (χ3v) is 1.67. The van der Waals surface area contributed by atoms with Crippen molar-refractivity contribution in [1.29, 1.82) is 0 Å². The molecule has 2 rings (SSSR count). The van der Waals surface area contributed by atoms with Gasteiger partial charge >= 0.3 is 25.8 Å². The summed E-state index contributed by atoms with van der Waals surface area (Å²) in [4.78, 5) is 0. The van der Waals surface area contributed by atoms with Crippen LogP contribution in [0, 0.1) is 12.2 Å². The molecule has 0 atom stereocenters. The van der Waals surface area contributed by atoms with Gasteiger partial charge in [0, 0.05) is 0 Å². The molecule has 2 N–H and O–H groups in total. The van der Waals surface area contributed by atoms with Crippen LogP contribution in [-0.4, -0.2) is 13.1 Å². The predicted octanol–water partition coefficient (Wildman–Crippen LogP) is 5.51. The summed E-state index contributed by atoms with van der Waals surface area (Å²) >= 11 is 0. The van der Waals surface area contributed by atoms with Gasteiger partial charge < -0.3 is 11.5 Å². The molecular weight excluding hydrogens is 399 g/mol. The maximum Gasteiger partial charge on any atom is 4.00 e. The van der Waals surface area contributed by atoms with Crippen LogP contribution >= 0.6 is 0 Å². The summed E-state index contributed by atoms with van der Waals surface area (Å²) in [6.07, 6.45) is 22.0. The van der Waals surface area contributed by atoms with Crippen LogP contribution in [0.5, 0.6) is 0 Å². The summed E-state index contributed by atoms with van der Waals surface area (Å²) in [5.41, 5.74) is 12.9. The normalized spacial score (nSPS) is 12.4. The molecule has 2 nitrogen and oxygen atoms in total.